The van der Waals surface area contributed by atoms with Gasteiger partial charge in [-0.15, -0.1) is 0 Å². The topological polar surface area (TPSA) is 92.8 Å². The quantitative estimate of drug-likeness (QED) is 0.695. The first-order valence-corrected chi connectivity index (χ1v) is 13.0. The van der Waals surface area contributed by atoms with Crippen molar-refractivity contribution in [3.8, 4) is 0 Å². The first-order valence-electron chi connectivity index (χ1n) is 11.5. The number of carbonyl (C=O) groups excluding carboxylic acids is 1. The van der Waals surface area contributed by atoms with Gasteiger partial charge in [0.15, 0.2) is 5.58 Å². The van der Waals surface area contributed by atoms with E-state index in [-0.39, 0.29) is 35.0 Å². The second-order valence-corrected chi connectivity index (χ2v) is 11.7. The molecule has 1 aromatic carbocycles. The number of rotatable bonds is 4. The van der Waals surface area contributed by atoms with Crippen molar-refractivity contribution < 1.29 is 17.6 Å². The van der Waals surface area contributed by atoms with Gasteiger partial charge < -0.3 is 9.32 Å². The fourth-order valence-electron chi connectivity index (χ4n) is 5.44. The van der Waals surface area contributed by atoms with Gasteiger partial charge in [0.25, 0.3) is 0 Å². The summed E-state index contributed by atoms with van der Waals surface area (Å²) < 4.78 is 34.6. The van der Waals surface area contributed by atoms with Crippen LogP contribution in [0.15, 0.2) is 32.3 Å². The van der Waals surface area contributed by atoms with Crippen LogP contribution in [0.25, 0.3) is 11.1 Å². The second kappa shape index (κ2) is 8.67. The molecule has 9 heteroatoms. The van der Waals surface area contributed by atoms with Crippen LogP contribution in [0.3, 0.4) is 0 Å². The Morgan fingerprint density at radius 3 is 2.31 bits per heavy atom. The number of fused-ring (bicyclic) bond motifs is 1. The molecule has 176 valence electrons. The molecule has 0 aliphatic carbocycles. The number of carbonyl (C=O) groups is 1. The molecule has 1 amide bonds. The lowest BCUT2D eigenvalue weighted by atomic mass is 9.94. The number of likely N-dealkylation sites (tertiary alicyclic amines) is 1. The molecule has 0 radical (unpaired) electrons. The van der Waals surface area contributed by atoms with E-state index in [0.29, 0.717) is 30.4 Å². The Bertz CT molecular complexity index is 1150. The number of amides is 1. The minimum atomic E-state index is -3.69. The Balaban J connectivity index is 1.62. The number of sulfonamides is 1. The van der Waals surface area contributed by atoms with Gasteiger partial charge >= 0.3 is 5.76 Å². The highest BCUT2D eigenvalue weighted by Gasteiger charge is 2.33. The summed E-state index contributed by atoms with van der Waals surface area (Å²) in [7, 11) is -3.69. The van der Waals surface area contributed by atoms with Crippen molar-refractivity contribution in [2.45, 2.75) is 76.9 Å². The van der Waals surface area contributed by atoms with Crippen LogP contribution in [0.2, 0.25) is 0 Å². The molecule has 2 fully saturated rings. The molecule has 8 nitrogen and oxygen atoms in total. The van der Waals surface area contributed by atoms with Crippen molar-refractivity contribution in [3.05, 3.63) is 28.7 Å². The van der Waals surface area contributed by atoms with Gasteiger partial charge in [-0.25, -0.2) is 13.2 Å². The third kappa shape index (κ3) is 4.24. The molecule has 0 saturated carbocycles. The van der Waals surface area contributed by atoms with Gasteiger partial charge in [-0.05, 0) is 63.5 Å². The van der Waals surface area contributed by atoms with Crippen molar-refractivity contribution in [2.24, 2.45) is 11.8 Å². The summed E-state index contributed by atoms with van der Waals surface area (Å²) in [6.45, 7) is 9.02. The van der Waals surface area contributed by atoms with Crippen molar-refractivity contribution in [3.63, 3.8) is 0 Å². The van der Waals surface area contributed by atoms with Gasteiger partial charge in [-0.2, -0.15) is 4.31 Å². The van der Waals surface area contributed by atoms with Crippen LogP contribution in [0.1, 0.15) is 53.4 Å². The second-order valence-electron chi connectivity index (χ2n) is 9.78. The van der Waals surface area contributed by atoms with Crippen LogP contribution in [-0.4, -0.2) is 53.3 Å². The van der Waals surface area contributed by atoms with Crippen molar-refractivity contribution in [2.75, 3.05) is 13.1 Å². The molecule has 2 aliphatic rings. The number of nitrogens with zero attached hydrogens (tertiary/aromatic N) is 3. The van der Waals surface area contributed by atoms with Crippen LogP contribution >= 0.6 is 0 Å². The summed E-state index contributed by atoms with van der Waals surface area (Å²) in [5.74, 6) is -0.188. The number of benzene rings is 1. The van der Waals surface area contributed by atoms with E-state index in [4.69, 9.17) is 4.42 Å². The maximum Gasteiger partial charge on any atom is 0.420 e. The lowest BCUT2D eigenvalue weighted by Gasteiger charge is -2.39. The van der Waals surface area contributed by atoms with Gasteiger partial charge in [0.05, 0.1) is 10.4 Å². The Labute approximate surface area is 189 Å². The highest BCUT2D eigenvalue weighted by Crippen LogP contribution is 2.28. The van der Waals surface area contributed by atoms with Crippen molar-refractivity contribution in [1.82, 2.24) is 13.8 Å². The smallest absolute Gasteiger partial charge is 0.408 e. The number of hydrogen-bond donors (Lipinski definition) is 0. The summed E-state index contributed by atoms with van der Waals surface area (Å²) in [6, 6.07) is 4.74. The Kier molecular flexibility index (Phi) is 6.24. The van der Waals surface area contributed by atoms with Gasteiger partial charge in [0.1, 0.15) is 6.54 Å². The molecular formula is C23H33N3O5S. The minimum Gasteiger partial charge on any atom is -0.408 e. The summed E-state index contributed by atoms with van der Waals surface area (Å²) in [4.78, 5) is 27.5. The van der Waals surface area contributed by atoms with E-state index < -0.39 is 15.8 Å². The largest absolute Gasteiger partial charge is 0.420 e. The molecule has 0 N–H and O–H groups in total. The van der Waals surface area contributed by atoms with E-state index in [0.717, 1.165) is 25.7 Å². The highest BCUT2D eigenvalue weighted by molar-refractivity contribution is 7.89. The van der Waals surface area contributed by atoms with Crippen LogP contribution in [0.5, 0.6) is 0 Å². The van der Waals surface area contributed by atoms with E-state index in [9.17, 15) is 18.0 Å². The first-order chi connectivity index (χ1) is 15.1. The van der Waals surface area contributed by atoms with Crippen LogP contribution < -0.4 is 5.76 Å². The molecule has 4 rings (SSSR count). The van der Waals surface area contributed by atoms with E-state index in [1.165, 1.54) is 21.0 Å². The zero-order chi connectivity index (χ0) is 23.2. The zero-order valence-corrected chi connectivity index (χ0v) is 20.1. The van der Waals surface area contributed by atoms with E-state index >= 15 is 0 Å². The molecule has 0 spiro atoms. The number of aromatic nitrogens is 1. The Hall–Kier alpha value is -2.13. The summed E-state index contributed by atoms with van der Waals surface area (Å²) in [5, 5.41) is 0. The molecule has 2 aliphatic heterocycles. The number of oxazole rings is 1. The van der Waals surface area contributed by atoms with Crippen LogP contribution in [-0.2, 0) is 21.4 Å². The van der Waals surface area contributed by atoms with Crippen LogP contribution in [0, 0.1) is 11.8 Å². The molecule has 0 unspecified atom stereocenters. The Morgan fingerprint density at radius 2 is 1.69 bits per heavy atom. The van der Waals surface area contributed by atoms with Gasteiger partial charge in [0, 0.05) is 31.2 Å². The Morgan fingerprint density at radius 1 is 1.06 bits per heavy atom. The summed E-state index contributed by atoms with van der Waals surface area (Å²) >= 11 is 0. The number of piperidine rings is 2. The first kappa shape index (κ1) is 23.0. The van der Waals surface area contributed by atoms with Crippen molar-refractivity contribution >= 4 is 27.0 Å². The molecule has 0 bridgehead atoms. The predicted molar refractivity (Wildman–Crippen MR) is 122 cm³/mol. The lowest BCUT2D eigenvalue weighted by Crippen LogP contribution is -2.49. The molecule has 32 heavy (non-hydrogen) atoms. The average molecular weight is 464 g/mol. The van der Waals surface area contributed by atoms with Gasteiger partial charge in [-0.1, -0.05) is 13.8 Å². The summed E-state index contributed by atoms with van der Waals surface area (Å²) in [6.07, 6.45) is 4.00. The maximum absolute atomic E-state index is 13.2. The SMILES string of the molecule is C[C@@H]1C[C@H](C)CN(S(=O)(=O)c2ccc3c(c2)oc(=O)n3CC(=O)N2[C@H](C)CCC[C@@H]2C)C1. The fourth-order valence-corrected chi connectivity index (χ4v) is 7.13. The van der Waals surface area contributed by atoms with E-state index in [1.54, 1.807) is 6.07 Å². The highest BCUT2D eigenvalue weighted by atomic mass is 32.2. The van der Waals surface area contributed by atoms with E-state index in [1.807, 2.05) is 18.7 Å². The minimum absolute atomic E-state index is 0.108. The summed E-state index contributed by atoms with van der Waals surface area (Å²) in [5.41, 5.74) is 0.613. The average Bonchev–Trinajstić information content (AvgIpc) is 3.01. The molecular weight excluding hydrogens is 430 g/mol. The molecule has 1 aromatic heterocycles. The number of hydrogen-bond acceptors (Lipinski definition) is 5. The molecule has 3 heterocycles. The normalized spacial score (nSPS) is 27.7. The van der Waals surface area contributed by atoms with Gasteiger partial charge in [0.2, 0.25) is 15.9 Å². The zero-order valence-electron chi connectivity index (χ0n) is 19.3. The third-order valence-corrected chi connectivity index (χ3v) is 8.72. The third-order valence-electron chi connectivity index (χ3n) is 6.89. The van der Waals surface area contributed by atoms with Crippen LogP contribution in [0.4, 0.5) is 0 Å². The van der Waals surface area contributed by atoms with Gasteiger partial charge in [-0.3, -0.25) is 9.36 Å². The fraction of sp³-hybridized carbons (Fsp3) is 0.652. The molecule has 2 saturated heterocycles. The standard InChI is InChI=1S/C23H33N3O5S/c1-15-10-16(2)13-24(12-15)32(29,30)19-8-9-20-21(11-19)31-23(28)25(20)14-22(27)26-17(3)6-5-7-18(26)4/h8-9,11,15-18H,5-7,10,12-14H2,1-4H3/t15-,16+,17-,18+. The maximum atomic E-state index is 13.2. The lowest BCUT2D eigenvalue weighted by molar-refractivity contribution is -0.137. The monoisotopic (exact) mass is 463 g/mol. The predicted octanol–water partition coefficient (Wildman–Crippen LogP) is 3.05. The molecule has 4 atom stereocenters. The molecule has 2 aromatic rings. The van der Waals surface area contributed by atoms with E-state index in [2.05, 4.69) is 13.8 Å². The van der Waals surface area contributed by atoms with Crippen molar-refractivity contribution in [1.29, 1.82) is 0 Å².